The molecule has 0 unspecified atom stereocenters. The van der Waals surface area contributed by atoms with Crippen molar-refractivity contribution in [1.29, 1.82) is 0 Å². The number of nitrogens with one attached hydrogen (secondary N) is 1. The maximum absolute atomic E-state index is 11.7. The Bertz CT molecular complexity index is 522. The van der Waals surface area contributed by atoms with Gasteiger partial charge in [-0.25, -0.2) is 0 Å². The Labute approximate surface area is 125 Å². The maximum atomic E-state index is 11.7. The SMILES string of the molecule is CNC(=O)C1CCN(c2cc(C)ccc2C(N)=S)CC1. The van der Waals surface area contributed by atoms with Gasteiger partial charge in [-0.1, -0.05) is 18.3 Å². The van der Waals surface area contributed by atoms with Gasteiger partial charge in [-0.15, -0.1) is 0 Å². The molecule has 1 aromatic rings. The van der Waals surface area contributed by atoms with Gasteiger partial charge in [0, 0.05) is 37.3 Å². The molecule has 0 spiro atoms. The molecule has 2 rings (SSSR count). The van der Waals surface area contributed by atoms with E-state index < -0.39 is 0 Å². The summed E-state index contributed by atoms with van der Waals surface area (Å²) in [5, 5.41) is 2.73. The van der Waals surface area contributed by atoms with Gasteiger partial charge in [0.05, 0.1) is 0 Å². The standard InChI is InChI=1S/C15H21N3OS/c1-10-3-4-12(14(16)20)13(9-10)18-7-5-11(6-8-18)15(19)17-2/h3-4,9,11H,5-8H2,1-2H3,(H2,16,20)(H,17,19). The molecule has 0 aliphatic carbocycles. The number of hydrogen-bond donors (Lipinski definition) is 2. The number of nitrogens with zero attached hydrogens (tertiary/aromatic N) is 1. The number of aryl methyl sites for hydroxylation is 1. The molecule has 1 aromatic carbocycles. The third-order valence-corrected chi connectivity index (χ3v) is 4.09. The minimum atomic E-state index is 0.120. The zero-order valence-corrected chi connectivity index (χ0v) is 12.8. The molecule has 1 heterocycles. The van der Waals surface area contributed by atoms with E-state index in [0.29, 0.717) is 4.99 Å². The van der Waals surface area contributed by atoms with Crippen molar-refractivity contribution in [3.05, 3.63) is 29.3 Å². The van der Waals surface area contributed by atoms with Crippen molar-refractivity contribution < 1.29 is 4.79 Å². The second-order valence-corrected chi connectivity index (χ2v) is 5.70. The van der Waals surface area contributed by atoms with E-state index >= 15 is 0 Å². The van der Waals surface area contributed by atoms with Crippen LogP contribution >= 0.6 is 12.2 Å². The molecule has 4 nitrogen and oxygen atoms in total. The van der Waals surface area contributed by atoms with Crippen molar-refractivity contribution in [3.63, 3.8) is 0 Å². The van der Waals surface area contributed by atoms with Crippen molar-refractivity contribution in [3.8, 4) is 0 Å². The lowest BCUT2D eigenvalue weighted by Crippen LogP contribution is -2.40. The summed E-state index contributed by atoms with van der Waals surface area (Å²) in [4.78, 5) is 14.4. The van der Waals surface area contributed by atoms with Gasteiger partial charge >= 0.3 is 0 Å². The summed E-state index contributed by atoms with van der Waals surface area (Å²) in [6.45, 7) is 3.78. The van der Waals surface area contributed by atoms with Crippen LogP contribution in [0.25, 0.3) is 0 Å². The van der Waals surface area contributed by atoms with Crippen LogP contribution in [0.5, 0.6) is 0 Å². The molecule has 0 bridgehead atoms. The van der Waals surface area contributed by atoms with E-state index in [-0.39, 0.29) is 11.8 Å². The monoisotopic (exact) mass is 291 g/mol. The normalized spacial score (nSPS) is 16.0. The van der Waals surface area contributed by atoms with Crippen LogP contribution in [0.4, 0.5) is 5.69 Å². The number of carbonyl (C=O) groups is 1. The van der Waals surface area contributed by atoms with E-state index in [4.69, 9.17) is 18.0 Å². The fraction of sp³-hybridized carbons (Fsp3) is 0.467. The van der Waals surface area contributed by atoms with Crippen LogP contribution in [0.2, 0.25) is 0 Å². The van der Waals surface area contributed by atoms with Crippen LogP contribution in [0.15, 0.2) is 18.2 Å². The molecule has 1 saturated heterocycles. The fourth-order valence-corrected chi connectivity index (χ4v) is 2.87. The number of rotatable bonds is 3. The van der Waals surface area contributed by atoms with E-state index in [1.54, 1.807) is 7.05 Å². The highest BCUT2D eigenvalue weighted by Crippen LogP contribution is 2.27. The molecule has 0 radical (unpaired) electrons. The highest BCUT2D eigenvalue weighted by Gasteiger charge is 2.25. The Hall–Kier alpha value is -1.62. The fourth-order valence-electron chi connectivity index (χ4n) is 2.70. The Morgan fingerprint density at radius 2 is 2.05 bits per heavy atom. The van der Waals surface area contributed by atoms with Crippen LogP contribution in [-0.2, 0) is 4.79 Å². The minimum absolute atomic E-state index is 0.120. The van der Waals surface area contributed by atoms with E-state index in [0.717, 1.165) is 37.2 Å². The summed E-state index contributed by atoms with van der Waals surface area (Å²) in [5.74, 6) is 0.262. The smallest absolute Gasteiger partial charge is 0.222 e. The predicted octanol–water partition coefficient (Wildman–Crippen LogP) is 1.59. The maximum Gasteiger partial charge on any atom is 0.222 e. The second-order valence-electron chi connectivity index (χ2n) is 5.26. The summed E-state index contributed by atoms with van der Waals surface area (Å²) in [6, 6.07) is 6.13. The van der Waals surface area contributed by atoms with E-state index in [2.05, 4.69) is 23.2 Å². The zero-order chi connectivity index (χ0) is 14.7. The molecule has 20 heavy (non-hydrogen) atoms. The number of nitrogens with two attached hydrogens (primary N) is 1. The Balaban J connectivity index is 2.16. The summed E-state index contributed by atoms with van der Waals surface area (Å²) >= 11 is 5.13. The highest BCUT2D eigenvalue weighted by molar-refractivity contribution is 7.80. The first-order chi connectivity index (χ1) is 9.52. The van der Waals surface area contributed by atoms with Crippen LogP contribution in [0.3, 0.4) is 0 Å². The molecule has 0 atom stereocenters. The molecule has 0 aromatic heterocycles. The van der Waals surface area contributed by atoms with E-state index in [1.807, 2.05) is 12.1 Å². The van der Waals surface area contributed by atoms with Crippen molar-refractivity contribution >= 4 is 28.8 Å². The Kier molecular flexibility index (Phi) is 4.60. The average Bonchev–Trinajstić information content (AvgIpc) is 2.46. The molecular formula is C15H21N3OS. The first-order valence-corrected chi connectivity index (χ1v) is 7.30. The number of thiocarbonyl (C=S) groups is 1. The third-order valence-electron chi connectivity index (χ3n) is 3.87. The molecule has 5 heteroatoms. The van der Waals surface area contributed by atoms with E-state index in [9.17, 15) is 4.79 Å². The molecule has 108 valence electrons. The lowest BCUT2D eigenvalue weighted by Gasteiger charge is -2.34. The topological polar surface area (TPSA) is 58.4 Å². The summed E-state index contributed by atoms with van der Waals surface area (Å²) in [7, 11) is 1.69. The van der Waals surface area contributed by atoms with Gasteiger partial charge in [-0.2, -0.15) is 0 Å². The predicted molar refractivity (Wildman–Crippen MR) is 86.1 cm³/mol. The molecule has 1 aliphatic rings. The number of benzene rings is 1. The molecule has 1 amide bonds. The number of hydrogen-bond acceptors (Lipinski definition) is 3. The van der Waals surface area contributed by atoms with Crippen LogP contribution in [0.1, 0.15) is 24.0 Å². The van der Waals surface area contributed by atoms with Gasteiger partial charge in [-0.05, 0) is 37.5 Å². The number of anilines is 1. The highest BCUT2D eigenvalue weighted by atomic mass is 32.1. The van der Waals surface area contributed by atoms with Crippen LogP contribution in [-0.4, -0.2) is 31.0 Å². The Morgan fingerprint density at radius 1 is 1.40 bits per heavy atom. The first-order valence-electron chi connectivity index (χ1n) is 6.90. The van der Waals surface area contributed by atoms with Crippen LogP contribution < -0.4 is 16.0 Å². The average molecular weight is 291 g/mol. The van der Waals surface area contributed by atoms with Crippen molar-refractivity contribution in [2.75, 3.05) is 25.0 Å². The van der Waals surface area contributed by atoms with Gasteiger partial charge in [0.15, 0.2) is 0 Å². The van der Waals surface area contributed by atoms with E-state index in [1.165, 1.54) is 5.56 Å². The molecule has 1 aliphatic heterocycles. The van der Waals surface area contributed by atoms with Crippen LogP contribution in [0, 0.1) is 12.8 Å². The van der Waals surface area contributed by atoms with Gasteiger partial charge in [0.2, 0.25) is 5.91 Å². The minimum Gasteiger partial charge on any atom is -0.389 e. The number of amides is 1. The summed E-state index contributed by atoms with van der Waals surface area (Å²) < 4.78 is 0. The first kappa shape index (κ1) is 14.8. The zero-order valence-electron chi connectivity index (χ0n) is 12.0. The molecule has 1 fully saturated rings. The lowest BCUT2D eigenvalue weighted by molar-refractivity contribution is -0.125. The third kappa shape index (κ3) is 3.10. The molecular weight excluding hydrogens is 270 g/mol. The number of piperidine rings is 1. The molecule has 0 saturated carbocycles. The lowest BCUT2D eigenvalue weighted by atomic mass is 9.95. The van der Waals surface area contributed by atoms with Gasteiger partial charge in [-0.3, -0.25) is 4.79 Å². The van der Waals surface area contributed by atoms with Gasteiger partial charge < -0.3 is 16.0 Å². The second kappa shape index (κ2) is 6.22. The van der Waals surface area contributed by atoms with Crippen molar-refractivity contribution in [2.45, 2.75) is 19.8 Å². The summed E-state index contributed by atoms with van der Waals surface area (Å²) in [5.41, 5.74) is 9.01. The van der Waals surface area contributed by atoms with Crippen molar-refractivity contribution in [2.24, 2.45) is 11.7 Å². The van der Waals surface area contributed by atoms with Crippen molar-refractivity contribution in [1.82, 2.24) is 5.32 Å². The molecule has 3 N–H and O–H groups in total. The summed E-state index contributed by atoms with van der Waals surface area (Å²) in [6.07, 6.45) is 1.73. The quantitative estimate of drug-likeness (QED) is 0.830. The Morgan fingerprint density at radius 3 is 2.60 bits per heavy atom. The van der Waals surface area contributed by atoms with Gasteiger partial charge in [0.1, 0.15) is 4.99 Å². The van der Waals surface area contributed by atoms with Gasteiger partial charge in [0.25, 0.3) is 0 Å². The number of carbonyl (C=O) groups excluding carboxylic acids is 1. The largest absolute Gasteiger partial charge is 0.389 e.